The van der Waals surface area contributed by atoms with E-state index in [9.17, 15) is 9.59 Å². The van der Waals surface area contributed by atoms with Crippen molar-refractivity contribution >= 4 is 16.7 Å². The fourth-order valence-electron chi connectivity index (χ4n) is 1.69. The van der Waals surface area contributed by atoms with Crippen LogP contribution < -0.4 is 5.43 Å². The summed E-state index contributed by atoms with van der Waals surface area (Å²) in [6.45, 7) is 10.9. The number of carbonyl (C=O) groups is 1. The van der Waals surface area contributed by atoms with E-state index in [-0.39, 0.29) is 16.8 Å². The molecule has 0 atom stereocenters. The Morgan fingerprint density at radius 3 is 2.29 bits per heavy atom. The number of carbonyl (C=O) groups excluding carboxylic acids is 1. The predicted molar refractivity (Wildman–Crippen MR) is 91.0 cm³/mol. The van der Waals surface area contributed by atoms with Crippen LogP contribution in [0, 0.1) is 0 Å². The van der Waals surface area contributed by atoms with Gasteiger partial charge in [0.15, 0.2) is 11.2 Å². The van der Waals surface area contributed by atoms with Gasteiger partial charge in [0.2, 0.25) is 0 Å². The number of para-hydroxylation sites is 1. The molecule has 2 rings (SSSR count). The molecular formula is C18H25NO2. The molecule has 1 aromatic carbocycles. The van der Waals surface area contributed by atoms with Gasteiger partial charge in [-0.05, 0) is 25.5 Å². The normalized spacial score (nSPS) is 9.00. The Kier molecular flexibility index (Phi) is 8.70. The van der Waals surface area contributed by atoms with Crippen LogP contribution in [0.15, 0.2) is 47.9 Å². The summed E-state index contributed by atoms with van der Waals surface area (Å²) in [6, 6.07) is 7.27. The van der Waals surface area contributed by atoms with Crippen molar-refractivity contribution in [3.63, 3.8) is 0 Å². The number of rotatable bonds is 2. The molecule has 0 saturated heterocycles. The highest BCUT2D eigenvalue weighted by molar-refractivity contribution is 5.97. The Morgan fingerprint density at radius 1 is 1.29 bits per heavy atom. The number of nitrogens with zero attached hydrogens (tertiary/aromatic N) is 1. The highest BCUT2D eigenvalue weighted by Gasteiger charge is 2.09. The molecule has 0 aliphatic heterocycles. The van der Waals surface area contributed by atoms with Gasteiger partial charge in [-0.1, -0.05) is 39.0 Å². The van der Waals surface area contributed by atoms with Crippen LogP contribution in [0.5, 0.6) is 0 Å². The van der Waals surface area contributed by atoms with Crippen molar-refractivity contribution < 1.29 is 4.79 Å². The number of aromatic nitrogens is 1. The third kappa shape index (κ3) is 5.03. The third-order valence-electron chi connectivity index (χ3n) is 2.76. The summed E-state index contributed by atoms with van der Waals surface area (Å²) in [7, 11) is 1.83. The van der Waals surface area contributed by atoms with Gasteiger partial charge in [-0.25, -0.2) is 0 Å². The predicted octanol–water partition coefficient (Wildman–Crippen LogP) is 4.35. The molecule has 0 aliphatic carbocycles. The van der Waals surface area contributed by atoms with E-state index in [4.69, 9.17) is 0 Å². The molecule has 0 aliphatic rings. The molecule has 0 spiro atoms. The van der Waals surface area contributed by atoms with Crippen LogP contribution in [-0.2, 0) is 7.05 Å². The van der Waals surface area contributed by atoms with Gasteiger partial charge in [0.05, 0.1) is 11.1 Å². The first-order valence-electron chi connectivity index (χ1n) is 7.23. The van der Waals surface area contributed by atoms with E-state index in [1.807, 2.05) is 39.1 Å². The van der Waals surface area contributed by atoms with Crippen molar-refractivity contribution in [1.29, 1.82) is 0 Å². The fraction of sp³-hybridized carbons (Fsp3) is 0.333. The zero-order chi connectivity index (χ0) is 16.4. The number of allylic oxidation sites excluding steroid dienone is 1. The van der Waals surface area contributed by atoms with E-state index in [2.05, 4.69) is 13.5 Å². The van der Waals surface area contributed by atoms with E-state index in [1.165, 1.54) is 6.92 Å². The smallest absolute Gasteiger partial charge is 0.200 e. The molecular weight excluding hydrogens is 262 g/mol. The Morgan fingerprint density at radius 2 is 1.81 bits per heavy atom. The zero-order valence-corrected chi connectivity index (χ0v) is 13.6. The van der Waals surface area contributed by atoms with Gasteiger partial charge in [-0.3, -0.25) is 9.59 Å². The molecule has 3 heteroatoms. The molecule has 0 radical (unpaired) electrons. The van der Waals surface area contributed by atoms with Crippen molar-refractivity contribution in [3.8, 4) is 0 Å². The third-order valence-corrected chi connectivity index (χ3v) is 2.76. The molecule has 1 heterocycles. The van der Waals surface area contributed by atoms with Crippen molar-refractivity contribution in [3.05, 3.63) is 58.9 Å². The van der Waals surface area contributed by atoms with Crippen LogP contribution >= 0.6 is 0 Å². The van der Waals surface area contributed by atoms with Crippen LogP contribution in [0.25, 0.3) is 10.9 Å². The molecule has 0 N–H and O–H groups in total. The molecule has 0 amide bonds. The van der Waals surface area contributed by atoms with Crippen molar-refractivity contribution in [2.24, 2.45) is 7.05 Å². The van der Waals surface area contributed by atoms with Gasteiger partial charge in [0.25, 0.3) is 0 Å². The summed E-state index contributed by atoms with van der Waals surface area (Å²) in [5, 5.41) is 0.590. The van der Waals surface area contributed by atoms with Gasteiger partial charge >= 0.3 is 0 Å². The summed E-state index contributed by atoms with van der Waals surface area (Å²) in [4.78, 5) is 23.1. The number of fused-ring (bicyclic) bond motifs is 1. The number of Topliss-reactive ketones (excluding diaryl/α,β-unsaturated/α-hetero) is 1. The lowest BCUT2D eigenvalue weighted by Crippen LogP contribution is -2.16. The summed E-state index contributed by atoms with van der Waals surface area (Å²) in [6.07, 6.45) is 4.55. The van der Waals surface area contributed by atoms with Crippen LogP contribution in [-0.4, -0.2) is 10.4 Å². The van der Waals surface area contributed by atoms with E-state index < -0.39 is 0 Å². The highest BCUT2D eigenvalue weighted by Crippen LogP contribution is 2.10. The Hall–Kier alpha value is -2.16. The summed E-state index contributed by atoms with van der Waals surface area (Å²) in [5.74, 6) is -0.193. The lowest BCUT2D eigenvalue weighted by molar-refractivity contribution is 0.101. The fourth-order valence-corrected chi connectivity index (χ4v) is 1.69. The maximum atomic E-state index is 11.9. The van der Waals surface area contributed by atoms with Gasteiger partial charge in [-0.2, -0.15) is 0 Å². The number of hydrogen-bond acceptors (Lipinski definition) is 2. The SMILES string of the molecule is C=CCC.CC.CC(=O)c1cn(C)c2ccccc2c1=O. The summed E-state index contributed by atoms with van der Waals surface area (Å²) >= 11 is 0. The van der Waals surface area contributed by atoms with E-state index in [1.54, 1.807) is 22.9 Å². The molecule has 21 heavy (non-hydrogen) atoms. The Labute approximate surface area is 126 Å². The molecule has 0 saturated carbocycles. The average Bonchev–Trinajstić information content (AvgIpc) is 2.53. The second-order valence-corrected chi connectivity index (χ2v) is 4.25. The van der Waals surface area contributed by atoms with Crippen molar-refractivity contribution in [1.82, 2.24) is 4.57 Å². The van der Waals surface area contributed by atoms with Crippen molar-refractivity contribution in [2.45, 2.75) is 34.1 Å². The minimum absolute atomic E-state index is 0.184. The first kappa shape index (κ1) is 18.8. The molecule has 0 unspecified atom stereocenters. The largest absolute Gasteiger partial charge is 0.350 e. The van der Waals surface area contributed by atoms with Gasteiger partial charge < -0.3 is 4.57 Å². The highest BCUT2D eigenvalue weighted by atomic mass is 16.1. The van der Waals surface area contributed by atoms with Gasteiger partial charge in [0.1, 0.15) is 0 Å². The second-order valence-electron chi connectivity index (χ2n) is 4.25. The number of pyridine rings is 1. The number of benzene rings is 1. The quantitative estimate of drug-likeness (QED) is 0.608. The maximum absolute atomic E-state index is 11.9. The molecule has 0 fully saturated rings. The monoisotopic (exact) mass is 287 g/mol. The molecule has 3 nitrogen and oxygen atoms in total. The summed E-state index contributed by atoms with van der Waals surface area (Å²) < 4.78 is 1.80. The molecule has 1 aromatic heterocycles. The van der Waals surface area contributed by atoms with E-state index in [0.29, 0.717) is 5.39 Å². The number of ketones is 1. The van der Waals surface area contributed by atoms with E-state index in [0.717, 1.165) is 11.9 Å². The first-order chi connectivity index (χ1) is 10.0. The Balaban J connectivity index is 0.000000579. The van der Waals surface area contributed by atoms with E-state index >= 15 is 0 Å². The maximum Gasteiger partial charge on any atom is 0.200 e. The average molecular weight is 287 g/mol. The summed E-state index contributed by atoms with van der Waals surface area (Å²) in [5.41, 5.74) is 0.903. The van der Waals surface area contributed by atoms with Crippen LogP contribution in [0.4, 0.5) is 0 Å². The lowest BCUT2D eigenvalue weighted by atomic mass is 10.1. The minimum atomic E-state index is -0.193. The number of hydrogen-bond donors (Lipinski definition) is 0. The van der Waals surface area contributed by atoms with Gasteiger partial charge in [-0.15, -0.1) is 6.58 Å². The Bertz CT molecular complexity index is 654. The molecule has 114 valence electrons. The zero-order valence-electron chi connectivity index (χ0n) is 13.6. The molecule has 0 bridgehead atoms. The molecule has 2 aromatic rings. The topological polar surface area (TPSA) is 39.1 Å². The first-order valence-corrected chi connectivity index (χ1v) is 7.23. The van der Waals surface area contributed by atoms with Crippen molar-refractivity contribution in [2.75, 3.05) is 0 Å². The standard InChI is InChI=1S/C12H11NO2.C4H8.C2H6/c1-8(14)10-7-13(2)11-6-4-3-5-9(11)12(10)15;1-3-4-2;1-2/h3-7H,1-2H3;3H,1,4H2,2H3;1-2H3. The van der Waals surface area contributed by atoms with Crippen LogP contribution in [0.2, 0.25) is 0 Å². The van der Waals surface area contributed by atoms with Crippen LogP contribution in [0.1, 0.15) is 44.5 Å². The van der Waals surface area contributed by atoms with Crippen LogP contribution in [0.3, 0.4) is 0 Å². The minimum Gasteiger partial charge on any atom is -0.350 e. The second kappa shape index (κ2) is 9.70. The number of aryl methyl sites for hydroxylation is 1. The van der Waals surface area contributed by atoms with Gasteiger partial charge in [0, 0.05) is 18.6 Å². The lowest BCUT2D eigenvalue weighted by Gasteiger charge is -2.06.